The molecule has 0 aliphatic carbocycles. The van der Waals surface area contributed by atoms with Gasteiger partial charge in [0.1, 0.15) is 5.82 Å². The summed E-state index contributed by atoms with van der Waals surface area (Å²) in [5.74, 6) is 0.480. The molecule has 26 heavy (non-hydrogen) atoms. The van der Waals surface area contributed by atoms with E-state index in [2.05, 4.69) is 9.64 Å². The number of rotatable bonds is 6. The fourth-order valence-electron chi connectivity index (χ4n) is 3.11. The summed E-state index contributed by atoms with van der Waals surface area (Å²) in [5.41, 5.74) is 0.596. The third-order valence-corrected chi connectivity index (χ3v) is 5.58. The number of halogens is 3. The van der Waals surface area contributed by atoms with Gasteiger partial charge in [-0.15, -0.1) is 0 Å². The van der Waals surface area contributed by atoms with Crippen molar-refractivity contribution < 1.29 is 14.3 Å². The summed E-state index contributed by atoms with van der Waals surface area (Å²) in [4.78, 5) is 18.0. The van der Waals surface area contributed by atoms with Gasteiger partial charge in [0.15, 0.2) is 0 Å². The van der Waals surface area contributed by atoms with E-state index in [9.17, 15) is 4.79 Å². The molecule has 2 aromatic rings. The van der Waals surface area contributed by atoms with Gasteiger partial charge in [0, 0.05) is 11.9 Å². The number of esters is 1. The molecule has 8 heteroatoms. The van der Waals surface area contributed by atoms with E-state index in [-0.39, 0.29) is 18.4 Å². The smallest absolute Gasteiger partial charge is 0.307 e. The minimum atomic E-state index is -0.275. The minimum Gasteiger partial charge on any atom is -0.469 e. The lowest BCUT2D eigenvalue weighted by atomic mass is 10.2. The Labute approximate surface area is 167 Å². The SMILES string of the molecule is COC(=O)CCOC[C@@H]1CCCN1c1cc(Cl)c2ccc(Cl)c(Cl)c2n1. The van der Waals surface area contributed by atoms with Crippen molar-refractivity contribution in [2.75, 3.05) is 31.8 Å². The Morgan fingerprint density at radius 1 is 1.31 bits per heavy atom. The van der Waals surface area contributed by atoms with Crippen LogP contribution < -0.4 is 4.90 Å². The topological polar surface area (TPSA) is 51.7 Å². The van der Waals surface area contributed by atoms with Crippen molar-refractivity contribution in [3.63, 3.8) is 0 Å². The summed E-state index contributed by atoms with van der Waals surface area (Å²) in [5, 5.41) is 2.21. The molecule has 0 N–H and O–H groups in total. The van der Waals surface area contributed by atoms with E-state index in [1.165, 1.54) is 7.11 Å². The molecule has 0 unspecified atom stereocenters. The van der Waals surface area contributed by atoms with Gasteiger partial charge in [-0.2, -0.15) is 0 Å². The van der Waals surface area contributed by atoms with Crippen molar-refractivity contribution in [1.82, 2.24) is 4.98 Å². The van der Waals surface area contributed by atoms with Gasteiger partial charge in [-0.25, -0.2) is 4.98 Å². The normalized spacial score (nSPS) is 17.1. The molecule has 3 rings (SSSR count). The third-order valence-electron chi connectivity index (χ3n) is 4.47. The maximum absolute atomic E-state index is 11.2. The number of aromatic nitrogens is 1. The third kappa shape index (κ3) is 4.17. The first kappa shape index (κ1) is 19.5. The number of benzene rings is 1. The van der Waals surface area contributed by atoms with E-state index >= 15 is 0 Å². The fourth-order valence-corrected chi connectivity index (χ4v) is 3.72. The van der Waals surface area contributed by atoms with Gasteiger partial charge < -0.3 is 14.4 Å². The minimum absolute atomic E-state index is 0.173. The number of methoxy groups -OCH3 is 1. The van der Waals surface area contributed by atoms with Crippen LogP contribution in [0.4, 0.5) is 5.82 Å². The van der Waals surface area contributed by atoms with Crippen LogP contribution >= 0.6 is 34.8 Å². The molecule has 140 valence electrons. The lowest BCUT2D eigenvalue weighted by Gasteiger charge is -2.26. The van der Waals surface area contributed by atoms with Crippen LogP contribution in [0.5, 0.6) is 0 Å². The van der Waals surface area contributed by atoms with Crippen molar-refractivity contribution in [1.29, 1.82) is 0 Å². The highest BCUT2D eigenvalue weighted by atomic mass is 35.5. The first-order valence-electron chi connectivity index (χ1n) is 8.36. The number of ether oxygens (including phenoxy) is 2. The maximum Gasteiger partial charge on any atom is 0.307 e. The molecule has 0 bridgehead atoms. The Morgan fingerprint density at radius 3 is 2.88 bits per heavy atom. The molecule has 5 nitrogen and oxygen atoms in total. The number of fused-ring (bicyclic) bond motifs is 1. The standard InChI is InChI=1S/C18H19Cl3N2O3/c1-25-16(24)6-8-26-10-11-3-2-7-23(11)15-9-14(20)12-4-5-13(19)17(21)18(12)22-15/h4-5,9,11H,2-3,6-8,10H2,1H3/t11-/m0/s1. The summed E-state index contributed by atoms with van der Waals surface area (Å²) in [6, 6.07) is 5.56. The molecule has 0 amide bonds. The van der Waals surface area contributed by atoms with E-state index in [1.807, 2.05) is 12.1 Å². The van der Waals surface area contributed by atoms with Crippen LogP contribution in [-0.2, 0) is 14.3 Å². The van der Waals surface area contributed by atoms with Gasteiger partial charge in [0.25, 0.3) is 0 Å². The van der Waals surface area contributed by atoms with Gasteiger partial charge in [0.2, 0.25) is 0 Å². The molecule has 0 saturated carbocycles. The number of pyridine rings is 1. The molecule has 1 fully saturated rings. The van der Waals surface area contributed by atoms with E-state index in [1.54, 1.807) is 6.07 Å². The largest absolute Gasteiger partial charge is 0.469 e. The molecule has 1 aromatic heterocycles. The first-order chi connectivity index (χ1) is 12.5. The van der Waals surface area contributed by atoms with Crippen LogP contribution in [0.2, 0.25) is 15.1 Å². The molecule has 1 aliphatic rings. The molecule has 1 atom stereocenters. The summed E-state index contributed by atoms with van der Waals surface area (Å²) in [7, 11) is 1.37. The molecular weight excluding hydrogens is 399 g/mol. The van der Waals surface area contributed by atoms with Gasteiger partial charge >= 0.3 is 5.97 Å². The molecule has 1 aromatic carbocycles. The molecule has 0 spiro atoms. The zero-order chi connectivity index (χ0) is 18.7. The van der Waals surface area contributed by atoms with Crippen LogP contribution in [0.3, 0.4) is 0 Å². The van der Waals surface area contributed by atoms with Crippen LogP contribution in [0.1, 0.15) is 19.3 Å². The Morgan fingerprint density at radius 2 is 2.12 bits per heavy atom. The number of hydrogen-bond donors (Lipinski definition) is 0. The van der Waals surface area contributed by atoms with Crippen LogP contribution in [-0.4, -0.2) is 43.9 Å². The summed E-state index contributed by atoms with van der Waals surface area (Å²) in [6.07, 6.45) is 2.27. The summed E-state index contributed by atoms with van der Waals surface area (Å²) in [6.45, 7) is 1.71. The first-order valence-corrected chi connectivity index (χ1v) is 9.50. The molecule has 2 heterocycles. The van der Waals surface area contributed by atoms with E-state index in [4.69, 9.17) is 44.5 Å². The van der Waals surface area contributed by atoms with E-state index < -0.39 is 0 Å². The Balaban J connectivity index is 1.77. The van der Waals surface area contributed by atoms with Crippen molar-refractivity contribution in [2.24, 2.45) is 0 Å². The number of anilines is 1. The molecule has 1 saturated heterocycles. The predicted octanol–water partition coefficient (Wildman–Crippen LogP) is 4.74. The second-order valence-electron chi connectivity index (χ2n) is 6.11. The van der Waals surface area contributed by atoms with Gasteiger partial charge in [-0.05, 0) is 31.0 Å². The Hall–Kier alpha value is -1.27. The maximum atomic E-state index is 11.2. The summed E-state index contributed by atoms with van der Waals surface area (Å²) < 4.78 is 10.3. The second kappa shape index (κ2) is 8.61. The molecular formula is C18H19Cl3N2O3. The van der Waals surface area contributed by atoms with Crippen LogP contribution in [0, 0.1) is 0 Å². The number of carbonyl (C=O) groups is 1. The van der Waals surface area contributed by atoms with Crippen molar-refractivity contribution in [2.45, 2.75) is 25.3 Å². The van der Waals surface area contributed by atoms with Crippen molar-refractivity contribution in [3.05, 3.63) is 33.3 Å². The highest BCUT2D eigenvalue weighted by Crippen LogP contribution is 2.36. The quantitative estimate of drug-likeness (QED) is 0.502. The Kier molecular flexibility index (Phi) is 6.46. The van der Waals surface area contributed by atoms with Gasteiger partial charge in [0.05, 0.1) is 53.4 Å². The van der Waals surface area contributed by atoms with Crippen molar-refractivity contribution in [3.8, 4) is 0 Å². The van der Waals surface area contributed by atoms with Gasteiger partial charge in [-0.1, -0.05) is 34.8 Å². The average Bonchev–Trinajstić information content (AvgIpc) is 3.10. The van der Waals surface area contributed by atoms with Crippen LogP contribution in [0.15, 0.2) is 18.2 Å². The van der Waals surface area contributed by atoms with Crippen LogP contribution in [0.25, 0.3) is 10.9 Å². The second-order valence-corrected chi connectivity index (χ2v) is 7.30. The number of carbonyl (C=O) groups excluding carboxylic acids is 1. The fraction of sp³-hybridized carbons (Fsp3) is 0.444. The summed E-state index contributed by atoms with van der Waals surface area (Å²) >= 11 is 18.9. The molecule has 0 radical (unpaired) electrons. The van der Waals surface area contributed by atoms with E-state index in [0.717, 1.165) is 30.6 Å². The number of hydrogen-bond acceptors (Lipinski definition) is 5. The number of nitrogens with zero attached hydrogens (tertiary/aromatic N) is 2. The highest BCUT2D eigenvalue weighted by molar-refractivity contribution is 6.46. The predicted molar refractivity (Wildman–Crippen MR) is 105 cm³/mol. The van der Waals surface area contributed by atoms with Crippen molar-refractivity contribution >= 4 is 57.5 Å². The Bertz CT molecular complexity index is 816. The lowest BCUT2D eigenvalue weighted by molar-refractivity contribution is -0.141. The lowest BCUT2D eigenvalue weighted by Crippen LogP contribution is -2.34. The zero-order valence-corrected chi connectivity index (χ0v) is 16.6. The zero-order valence-electron chi connectivity index (χ0n) is 14.3. The average molecular weight is 418 g/mol. The van der Waals surface area contributed by atoms with E-state index in [0.29, 0.717) is 33.8 Å². The highest BCUT2D eigenvalue weighted by Gasteiger charge is 2.27. The van der Waals surface area contributed by atoms with Gasteiger partial charge in [-0.3, -0.25) is 4.79 Å². The monoisotopic (exact) mass is 416 g/mol. The molecule has 1 aliphatic heterocycles.